The van der Waals surface area contributed by atoms with Crippen LogP contribution in [0.25, 0.3) is 0 Å². The predicted molar refractivity (Wildman–Crippen MR) is 88.1 cm³/mol. The van der Waals surface area contributed by atoms with Crippen molar-refractivity contribution in [2.75, 3.05) is 13.1 Å². The lowest BCUT2D eigenvalue weighted by molar-refractivity contribution is -0.0123. The second-order valence-corrected chi connectivity index (χ2v) is 8.18. The fourth-order valence-corrected chi connectivity index (χ4v) is 3.90. The summed E-state index contributed by atoms with van der Waals surface area (Å²) in [6.07, 6.45) is 8.32. The molecule has 2 unspecified atom stereocenters. The van der Waals surface area contributed by atoms with E-state index in [2.05, 4.69) is 44.8 Å². The first-order chi connectivity index (χ1) is 9.44. The van der Waals surface area contributed by atoms with Crippen molar-refractivity contribution in [2.45, 2.75) is 91.3 Å². The quantitative estimate of drug-likeness (QED) is 0.789. The van der Waals surface area contributed by atoms with E-state index in [0.29, 0.717) is 5.41 Å². The Morgan fingerprint density at radius 1 is 1.15 bits per heavy atom. The average molecular weight is 280 g/mol. The molecule has 0 aromatic rings. The summed E-state index contributed by atoms with van der Waals surface area (Å²) in [6.45, 7) is 14.4. The van der Waals surface area contributed by atoms with E-state index in [9.17, 15) is 0 Å². The van der Waals surface area contributed by atoms with E-state index in [1.165, 1.54) is 51.6 Å². The highest BCUT2D eigenvalue weighted by Gasteiger charge is 2.40. The van der Waals surface area contributed by atoms with Gasteiger partial charge in [-0.15, -0.1) is 0 Å². The molecule has 1 N–H and O–H groups in total. The van der Waals surface area contributed by atoms with Crippen LogP contribution < -0.4 is 5.32 Å². The minimum Gasteiger partial charge on any atom is -0.314 e. The molecule has 2 aliphatic rings. The Balaban J connectivity index is 1.98. The van der Waals surface area contributed by atoms with Crippen molar-refractivity contribution >= 4 is 0 Å². The Kier molecular flexibility index (Phi) is 5.53. The third-order valence-electron chi connectivity index (χ3n) is 5.96. The molecule has 2 heterocycles. The van der Waals surface area contributed by atoms with E-state index < -0.39 is 0 Å². The molecule has 2 atom stereocenters. The zero-order valence-electron chi connectivity index (χ0n) is 14.4. The van der Waals surface area contributed by atoms with Crippen molar-refractivity contribution in [3.8, 4) is 0 Å². The summed E-state index contributed by atoms with van der Waals surface area (Å²) >= 11 is 0. The normalized spacial score (nSPS) is 31.8. The maximum absolute atomic E-state index is 3.78. The molecule has 20 heavy (non-hydrogen) atoms. The Morgan fingerprint density at radius 3 is 2.25 bits per heavy atom. The van der Waals surface area contributed by atoms with Crippen molar-refractivity contribution in [1.29, 1.82) is 0 Å². The lowest BCUT2D eigenvalue weighted by atomic mass is 9.76. The second-order valence-electron chi connectivity index (χ2n) is 8.18. The van der Waals surface area contributed by atoms with E-state index >= 15 is 0 Å². The highest BCUT2D eigenvalue weighted by molar-refractivity contribution is 4.96. The van der Waals surface area contributed by atoms with Crippen LogP contribution in [0, 0.1) is 11.3 Å². The number of hydrogen-bond acceptors (Lipinski definition) is 2. The van der Waals surface area contributed by atoms with Crippen molar-refractivity contribution in [1.82, 2.24) is 10.2 Å². The van der Waals surface area contributed by atoms with Crippen molar-refractivity contribution in [3.63, 3.8) is 0 Å². The molecule has 0 saturated carbocycles. The summed E-state index contributed by atoms with van der Waals surface area (Å²) in [4.78, 5) is 2.88. The molecule has 2 fully saturated rings. The number of nitrogens with zero attached hydrogens (tertiary/aromatic N) is 1. The van der Waals surface area contributed by atoms with Gasteiger partial charge in [0.05, 0.1) is 0 Å². The molecule has 0 aliphatic carbocycles. The fourth-order valence-electron chi connectivity index (χ4n) is 3.90. The van der Waals surface area contributed by atoms with Crippen LogP contribution >= 0.6 is 0 Å². The topological polar surface area (TPSA) is 15.3 Å². The molecule has 0 aromatic heterocycles. The number of piperidine rings is 2. The Labute approximate surface area is 126 Å². The molecule has 2 rings (SSSR count). The van der Waals surface area contributed by atoms with Crippen LogP contribution in [0.4, 0.5) is 0 Å². The maximum Gasteiger partial charge on any atom is 0.0113 e. The summed E-state index contributed by atoms with van der Waals surface area (Å²) in [5.74, 6) is 0.763. The number of nitrogens with one attached hydrogen (secondary N) is 1. The van der Waals surface area contributed by atoms with Gasteiger partial charge in [0.2, 0.25) is 0 Å². The maximum atomic E-state index is 3.78. The van der Waals surface area contributed by atoms with Gasteiger partial charge < -0.3 is 5.32 Å². The first-order valence-corrected chi connectivity index (χ1v) is 8.93. The molecule has 0 radical (unpaired) electrons. The average Bonchev–Trinajstić information content (AvgIpc) is 2.36. The van der Waals surface area contributed by atoms with Crippen LogP contribution in [0.5, 0.6) is 0 Å². The molecule has 0 spiro atoms. The fraction of sp³-hybridized carbons (Fsp3) is 1.00. The highest BCUT2D eigenvalue weighted by atomic mass is 15.2. The summed E-state index contributed by atoms with van der Waals surface area (Å²) in [5.41, 5.74) is 0.442. The highest BCUT2D eigenvalue weighted by Crippen LogP contribution is 2.38. The van der Waals surface area contributed by atoms with E-state index in [0.717, 1.165) is 24.0 Å². The predicted octanol–water partition coefficient (Wildman–Crippen LogP) is 4.05. The van der Waals surface area contributed by atoms with Crippen molar-refractivity contribution in [2.24, 2.45) is 11.3 Å². The molecule has 0 aromatic carbocycles. The summed E-state index contributed by atoms with van der Waals surface area (Å²) in [6, 6.07) is 2.47. The summed E-state index contributed by atoms with van der Waals surface area (Å²) in [5, 5.41) is 3.78. The van der Waals surface area contributed by atoms with Crippen LogP contribution in [0.2, 0.25) is 0 Å². The number of fused-ring (bicyclic) bond motifs is 2. The molecule has 2 aliphatic heterocycles. The monoisotopic (exact) mass is 280 g/mol. The third-order valence-corrected chi connectivity index (χ3v) is 5.96. The second kappa shape index (κ2) is 6.79. The Morgan fingerprint density at radius 2 is 1.75 bits per heavy atom. The molecule has 2 heteroatoms. The lowest BCUT2D eigenvalue weighted by Crippen LogP contribution is -2.58. The molecule has 2 nitrogen and oxygen atoms in total. The van der Waals surface area contributed by atoms with Crippen LogP contribution in [-0.2, 0) is 0 Å². The first kappa shape index (κ1) is 16.3. The number of hydrogen-bond donors (Lipinski definition) is 1. The standard InChI is InChI=1S/C18H36N2/c1-6-10-19-15-11-16-8-7-9-17(12-15)20(16)13-18(4,5)14(2)3/h14-17,19H,6-13H2,1-5H3. The van der Waals surface area contributed by atoms with Gasteiger partial charge in [-0.25, -0.2) is 0 Å². The largest absolute Gasteiger partial charge is 0.314 e. The molecule has 0 amide bonds. The molecule has 118 valence electrons. The van der Waals surface area contributed by atoms with E-state index in [1.807, 2.05) is 0 Å². The van der Waals surface area contributed by atoms with E-state index in [4.69, 9.17) is 0 Å². The van der Waals surface area contributed by atoms with Crippen LogP contribution in [0.15, 0.2) is 0 Å². The van der Waals surface area contributed by atoms with Crippen LogP contribution in [0.1, 0.15) is 73.1 Å². The zero-order valence-corrected chi connectivity index (χ0v) is 14.4. The van der Waals surface area contributed by atoms with Crippen molar-refractivity contribution < 1.29 is 0 Å². The first-order valence-electron chi connectivity index (χ1n) is 8.93. The smallest absolute Gasteiger partial charge is 0.0113 e. The Hall–Kier alpha value is -0.0800. The van der Waals surface area contributed by atoms with Gasteiger partial charge in [0.25, 0.3) is 0 Å². The van der Waals surface area contributed by atoms with Crippen LogP contribution in [-0.4, -0.2) is 36.1 Å². The van der Waals surface area contributed by atoms with Gasteiger partial charge in [0.1, 0.15) is 0 Å². The minimum absolute atomic E-state index is 0.442. The summed E-state index contributed by atoms with van der Waals surface area (Å²) < 4.78 is 0. The molecule has 2 bridgehead atoms. The van der Waals surface area contributed by atoms with Gasteiger partial charge in [-0.1, -0.05) is 41.0 Å². The molecular formula is C18H36N2. The lowest BCUT2D eigenvalue weighted by Gasteiger charge is -2.52. The van der Waals surface area contributed by atoms with Gasteiger partial charge >= 0.3 is 0 Å². The van der Waals surface area contributed by atoms with Gasteiger partial charge in [-0.2, -0.15) is 0 Å². The van der Waals surface area contributed by atoms with Crippen molar-refractivity contribution in [3.05, 3.63) is 0 Å². The van der Waals surface area contributed by atoms with Gasteiger partial charge in [-0.05, 0) is 50.0 Å². The van der Waals surface area contributed by atoms with Crippen LogP contribution in [0.3, 0.4) is 0 Å². The summed E-state index contributed by atoms with van der Waals surface area (Å²) in [7, 11) is 0. The molecule has 2 saturated heterocycles. The number of rotatable bonds is 6. The van der Waals surface area contributed by atoms with E-state index in [-0.39, 0.29) is 0 Å². The van der Waals surface area contributed by atoms with Gasteiger partial charge in [0, 0.05) is 24.7 Å². The SMILES string of the molecule is CCCNC1CC2CCCC(C1)N2CC(C)(C)C(C)C. The van der Waals surface area contributed by atoms with Gasteiger partial charge in [-0.3, -0.25) is 4.90 Å². The zero-order chi connectivity index (χ0) is 14.8. The third kappa shape index (κ3) is 3.76. The molecular weight excluding hydrogens is 244 g/mol. The Bertz CT molecular complexity index is 284. The van der Waals surface area contributed by atoms with E-state index in [1.54, 1.807) is 0 Å². The van der Waals surface area contributed by atoms with Gasteiger partial charge in [0.15, 0.2) is 0 Å². The minimum atomic E-state index is 0.442.